The molecule has 0 saturated carbocycles. The molecule has 4 rings (SSSR count). The van der Waals surface area contributed by atoms with Crippen molar-refractivity contribution in [2.75, 3.05) is 19.8 Å². The number of carboxylic acid groups (broad SMARTS) is 1. The number of carboxylic acids is 1. The molecule has 1 aliphatic carbocycles. The Balaban J connectivity index is 1.33. The Labute approximate surface area is 198 Å². The minimum atomic E-state index is -0.996. The molecule has 2 aromatic carbocycles. The number of benzene rings is 2. The van der Waals surface area contributed by atoms with Crippen LogP contribution in [-0.4, -0.2) is 55.0 Å². The van der Waals surface area contributed by atoms with Gasteiger partial charge in [-0.15, -0.1) is 0 Å². The molecule has 0 aromatic heterocycles. The van der Waals surface area contributed by atoms with E-state index >= 15 is 0 Å². The van der Waals surface area contributed by atoms with Crippen LogP contribution in [0.5, 0.6) is 0 Å². The number of rotatable bonds is 9. The van der Waals surface area contributed by atoms with Gasteiger partial charge in [0.2, 0.25) is 5.91 Å². The second kappa shape index (κ2) is 10.7. The van der Waals surface area contributed by atoms with Crippen molar-refractivity contribution in [3.8, 4) is 11.1 Å². The molecule has 1 heterocycles. The van der Waals surface area contributed by atoms with E-state index in [2.05, 4.69) is 34.9 Å². The monoisotopic (exact) mass is 466 g/mol. The Morgan fingerprint density at radius 3 is 2.32 bits per heavy atom. The number of nitrogens with one attached hydrogen (secondary N) is 2. The second-order valence-electron chi connectivity index (χ2n) is 8.82. The lowest BCUT2D eigenvalue weighted by Crippen LogP contribution is -2.46. The number of ether oxygens (including phenoxy) is 2. The van der Waals surface area contributed by atoms with Gasteiger partial charge < -0.3 is 25.2 Å². The van der Waals surface area contributed by atoms with Crippen LogP contribution < -0.4 is 10.6 Å². The van der Waals surface area contributed by atoms with Gasteiger partial charge >= 0.3 is 12.1 Å². The molecule has 1 fully saturated rings. The first-order valence-corrected chi connectivity index (χ1v) is 11.7. The van der Waals surface area contributed by atoms with Gasteiger partial charge in [-0.25, -0.2) is 4.79 Å². The van der Waals surface area contributed by atoms with Gasteiger partial charge in [0.1, 0.15) is 12.5 Å². The minimum absolute atomic E-state index is 0.0404. The van der Waals surface area contributed by atoms with E-state index in [1.165, 1.54) is 0 Å². The summed E-state index contributed by atoms with van der Waals surface area (Å²) in [6.45, 7) is 2.41. The first-order chi connectivity index (χ1) is 16.5. The summed E-state index contributed by atoms with van der Waals surface area (Å²) in [7, 11) is 0. The van der Waals surface area contributed by atoms with E-state index < -0.39 is 30.1 Å². The highest BCUT2D eigenvalue weighted by molar-refractivity contribution is 5.80. The van der Waals surface area contributed by atoms with Crippen LogP contribution in [0.1, 0.15) is 43.2 Å². The summed E-state index contributed by atoms with van der Waals surface area (Å²) in [4.78, 5) is 36.4. The molecule has 2 aromatic rings. The fourth-order valence-electron chi connectivity index (χ4n) is 4.81. The zero-order chi connectivity index (χ0) is 24.1. The Kier molecular flexibility index (Phi) is 7.47. The van der Waals surface area contributed by atoms with Gasteiger partial charge in [0.15, 0.2) is 0 Å². The SMILES string of the molecule is CCC[C@H](CC(=O)NC1COCC1C(=O)O)NC(=O)OCC1c2ccccc2-c2ccccc21. The average Bonchev–Trinajstić information content (AvgIpc) is 3.40. The van der Waals surface area contributed by atoms with Crippen LogP contribution >= 0.6 is 0 Å². The van der Waals surface area contributed by atoms with Crippen LogP contribution in [0.4, 0.5) is 4.79 Å². The Bertz CT molecular complexity index is 1010. The van der Waals surface area contributed by atoms with E-state index in [9.17, 15) is 19.5 Å². The highest BCUT2D eigenvalue weighted by atomic mass is 16.5. The molecule has 3 N–H and O–H groups in total. The highest BCUT2D eigenvalue weighted by Crippen LogP contribution is 2.44. The smallest absolute Gasteiger partial charge is 0.407 e. The number of hydrogen-bond donors (Lipinski definition) is 3. The number of fused-ring (bicyclic) bond motifs is 3. The quantitative estimate of drug-likeness (QED) is 0.523. The van der Waals surface area contributed by atoms with Crippen LogP contribution in [0.2, 0.25) is 0 Å². The number of alkyl carbamates (subject to hydrolysis) is 1. The zero-order valence-electron chi connectivity index (χ0n) is 19.2. The number of hydrogen-bond acceptors (Lipinski definition) is 5. The maximum atomic E-state index is 12.6. The van der Waals surface area contributed by atoms with Gasteiger partial charge in [-0.05, 0) is 28.7 Å². The van der Waals surface area contributed by atoms with Crippen LogP contribution in [0.15, 0.2) is 48.5 Å². The maximum Gasteiger partial charge on any atom is 0.407 e. The van der Waals surface area contributed by atoms with Gasteiger partial charge in [-0.3, -0.25) is 9.59 Å². The summed E-state index contributed by atoms with van der Waals surface area (Å²) < 4.78 is 10.8. The number of carbonyl (C=O) groups excluding carboxylic acids is 2. The summed E-state index contributed by atoms with van der Waals surface area (Å²) in [5, 5.41) is 14.8. The lowest BCUT2D eigenvalue weighted by Gasteiger charge is -2.21. The number of amides is 2. The van der Waals surface area contributed by atoms with E-state index in [0.717, 1.165) is 28.7 Å². The van der Waals surface area contributed by atoms with Gasteiger partial charge in [-0.1, -0.05) is 61.9 Å². The van der Waals surface area contributed by atoms with E-state index in [-0.39, 0.29) is 38.1 Å². The standard InChI is InChI=1S/C26H30N2O6/c1-2-7-16(12-24(29)28-23-15-33-13-22(23)25(30)31)27-26(32)34-14-21-19-10-5-3-8-17(19)18-9-4-6-11-20(18)21/h3-6,8-11,16,21-23H,2,7,12-15H2,1H3,(H,27,32)(H,28,29)(H,30,31)/t16-,22?,23?/m1/s1. The van der Waals surface area contributed by atoms with Crippen LogP contribution in [0.3, 0.4) is 0 Å². The van der Waals surface area contributed by atoms with E-state index in [0.29, 0.717) is 6.42 Å². The third-order valence-electron chi connectivity index (χ3n) is 6.48. The zero-order valence-corrected chi connectivity index (χ0v) is 19.2. The summed E-state index contributed by atoms with van der Waals surface area (Å²) in [5.41, 5.74) is 4.58. The molecule has 1 saturated heterocycles. The topological polar surface area (TPSA) is 114 Å². The molecule has 0 radical (unpaired) electrons. The molecule has 3 atom stereocenters. The van der Waals surface area contributed by atoms with Gasteiger partial charge in [0.25, 0.3) is 0 Å². The largest absolute Gasteiger partial charge is 0.481 e. The summed E-state index contributed by atoms with van der Waals surface area (Å²) in [6, 6.07) is 15.3. The number of carbonyl (C=O) groups is 3. The minimum Gasteiger partial charge on any atom is -0.481 e. The fourth-order valence-corrected chi connectivity index (χ4v) is 4.81. The predicted octanol–water partition coefficient (Wildman–Crippen LogP) is 3.30. The molecule has 34 heavy (non-hydrogen) atoms. The summed E-state index contributed by atoms with van der Waals surface area (Å²) in [5.74, 6) is -2.12. The third-order valence-corrected chi connectivity index (χ3v) is 6.48. The second-order valence-corrected chi connectivity index (χ2v) is 8.82. The van der Waals surface area contributed by atoms with Crippen molar-refractivity contribution in [1.29, 1.82) is 0 Å². The van der Waals surface area contributed by atoms with Crippen molar-refractivity contribution in [2.24, 2.45) is 5.92 Å². The molecule has 2 aliphatic rings. The van der Waals surface area contributed by atoms with Crippen molar-refractivity contribution < 1.29 is 29.0 Å². The number of aliphatic carboxylic acids is 1. The van der Waals surface area contributed by atoms with E-state index in [4.69, 9.17) is 9.47 Å². The van der Waals surface area contributed by atoms with Crippen LogP contribution in [-0.2, 0) is 19.1 Å². The van der Waals surface area contributed by atoms with Crippen molar-refractivity contribution in [2.45, 2.75) is 44.2 Å². The fraction of sp³-hybridized carbons (Fsp3) is 0.423. The Morgan fingerprint density at radius 1 is 1.06 bits per heavy atom. The van der Waals surface area contributed by atoms with Crippen molar-refractivity contribution in [3.63, 3.8) is 0 Å². The molecular weight excluding hydrogens is 436 g/mol. The molecular formula is C26H30N2O6. The predicted molar refractivity (Wildman–Crippen MR) is 125 cm³/mol. The van der Waals surface area contributed by atoms with Crippen molar-refractivity contribution >= 4 is 18.0 Å². The van der Waals surface area contributed by atoms with E-state index in [1.54, 1.807) is 0 Å². The van der Waals surface area contributed by atoms with E-state index in [1.807, 2.05) is 31.2 Å². The summed E-state index contributed by atoms with van der Waals surface area (Å²) >= 11 is 0. The van der Waals surface area contributed by atoms with Crippen molar-refractivity contribution in [3.05, 3.63) is 59.7 Å². The first-order valence-electron chi connectivity index (χ1n) is 11.7. The van der Waals surface area contributed by atoms with Crippen molar-refractivity contribution in [1.82, 2.24) is 10.6 Å². The lowest BCUT2D eigenvalue weighted by atomic mass is 9.98. The van der Waals surface area contributed by atoms with Gasteiger partial charge in [0.05, 0.1) is 19.3 Å². The molecule has 8 nitrogen and oxygen atoms in total. The molecule has 180 valence electrons. The highest BCUT2D eigenvalue weighted by Gasteiger charge is 2.35. The molecule has 0 spiro atoms. The normalized spacial score (nSPS) is 19.7. The van der Waals surface area contributed by atoms with Gasteiger partial charge in [0, 0.05) is 18.4 Å². The lowest BCUT2D eigenvalue weighted by molar-refractivity contribution is -0.142. The van der Waals surface area contributed by atoms with Gasteiger partial charge in [-0.2, -0.15) is 0 Å². The molecule has 8 heteroatoms. The molecule has 2 amide bonds. The average molecular weight is 467 g/mol. The summed E-state index contributed by atoms with van der Waals surface area (Å²) in [6.07, 6.45) is 0.842. The molecule has 1 aliphatic heterocycles. The third kappa shape index (κ3) is 5.22. The Morgan fingerprint density at radius 2 is 1.71 bits per heavy atom. The molecule has 0 bridgehead atoms. The first kappa shape index (κ1) is 23.8. The van der Waals surface area contributed by atoms with Crippen LogP contribution in [0, 0.1) is 5.92 Å². The molecule has 2 unspecified atom stereocenters. The Hall–Kier alpha value is -3.39. The maximum absolute atomic E-state index is 12.6. The van der Waals surface area contributed by atoms with Crippen LogP contribution in [0.25, 0.3) is 11.1 Å².